The van der Waals surface area contributed by atoms with Gasteiger partial charge in [-0.1, -0.05) is 63.2 Å². The standard InChI is InChI=1S/C28H32N2OS/c1-28(2,3)22-15-17-23(18-16-22)31-20-10-9-19-30-26-14-8-7-13-25(26)29-27(30)21-32-24-11-5-4-6-12-24/h4-8,11-18H,9-10,19-21H2,1-3H3. The fraction of sp³-hybridized carbons (Fsp3) is 0.321. The summed E-state index contributed by atoms with van der Waals surface area (Å²) in [5.74, 6) is 2.96. The van der Waals surface area contributed by atoms with E-state index in [1.807, 2.05) is 11.8 Å². The fourth-order valence-corrected chi connectivity index (χ4v) is 4.63. The smallest absolute Gasteiger partial charge is 0.120 e. The second kappa shape index (κ2) is 10.3. The summed E-state index contributed by atoms with van der Waals surface area (Å²) in [6.07, 6.45) is 2.07. The Balaban J connectivity index is 1.33. The molecule has 0 saturated carbocycles. The Morgan fingerprint density at radius 1 is 0.844 bits per heavy atom. The lowest BCUT2D eigenvalue weighted by molar-refractivity contribution is 0.303. The van der Waals surface area contributed by atoms with Crippen molar-refractivity contribution in [2.75, 3.05) is 6.61 Å². The van der Waals surface area contributed by atoms with Crippen LogP contribution in [-0.4, -0.2) is 16.2 Å². The topological polar surface area (TPSA) is 27.1 Å². The number of aromatic nitrogens is 2. The molecule has 1 heterocycles. The molecule has 0 amide bonds. The molecule has 166 valence electrons. The highest BCUT2D eigenvalue weighted by Crippen LogP contribution is 2.26. The number of nitrogens with zero attached hydrogens (tertiary/aromatic N) is 2. The van der Waals surface area contributed by atoms with Gasteiger partial charge in [0.15, 0.2) is 0 Å². The van der Waals surface area contributed by atoms with E-state index in [0.717, 1.165) is 48.8 Å². The van der Waals surface area contributed by atoms with E-state index in [0.29, 0.717) is 0 Å². The van der Waals surface area contributed by atoms with E-state index >= 15 is 0 Å². The zero-order chi connectivity index (χ0) is 22.4. The first-order valence-electron chi connectivity index (χ1n) is 11.4. The molecular weight excluding hydrogens is 412 g/mol. The second-order valence-electron chi connectivity index (χ2n) is 9.10. The molecule has 3 nitrogen and oxygen atoms in total. The minimum absolute atomic E-state index is 0.169. The molecule has 4 heteroatoms. The van der Waals surface area contributed by atoms with Crippen molar-refractivity contribution in [2.45, 2.75) is 56.2 Å². The van der Waals surface area contributed by atoms with Crippen LogP contribution in [0.25, 0.3) is 11.0 Å². The first-order chi connectivity index (χ1) is 15.5. The van der Waals surface area contributed by atoms with Gasteiger partial charge >= 0.3 is 0 Å². The van der Waals surface area contributed by atoms with Crippen LogP contribution in [0.3, 0.4) is 0 Å². The molecule has 0 aliphatic heterocycles. The third-order valence-electron chi connectivity index (χ3n) is 5.61. The van der Waals surface area contributed by atoms with Gasteiger partial charge in [-0.25, -0.2) is 4.98 Å². The molecule has 0 bridgehead atoms. The van der Waals surface area contributed by atoms with Gasteiger partial charge in [0.1, 0.15) is 11.6 Å². The zero-order valence-electron chi connectivity index (χ0n) is 19.3. The van der Waals surface area contributed by atoms with Crippen molar-refractivity contribution in [2.24, 2.45) is 0 Å². The maximum Gasteiger partial charge on any atom is 0.120 e. The van der Waals surface area contributed by atoms with Crippen LogP contribution in [0, 0.1) is 0 Å². The third kappa shape index (κ3) is 5.74. The van der Waals surface area contributed by atoms with Gasteiger partial charge in [-0.2, -0.15) is 0 Å². The number of benzene rings is 3. The highest BCUT2D eigenvalue weighted by Gasteiger charge is 2.13. The van der Waals surface area contributed by atoms with Crippen LogP contribution in [0.1, 0.15) is 45.0 Å². The Labute approximate surface area is 195 Å². The van der Waals surface area contributed by atoms with Gasteiger partial charge in [0.25, 0.3) is 0 Å². The van der Waals surface area contributed by atoms with E-state index in [9.17, 15) is 0 Å². The van der Waals surface area contributed by atoms with Crippen LogP contribution in [-0.2, 0) is 17.7 Å². The number of unbranched alkanes of at least 4 members (excludes halogenated alkanes) is 1. The van der Waals surface area contributed by atoms with Crippen molar-refractivity contribution in [3.8, 4) is 5.75 Å². The zero-order valence-corrected chi connectivity index (χ0v) is 20.1. The number of rotatable bonds is 9. The molecule has 0 saturated heterocycles. The molecule has 0 spiro atoms. The van der Waals surface area contributed by atoms with Crippen LogP contribution >= 0.6 is 11.8 Å². The van der Waals surface area contributed by atoms with E-state index in [4.69, 9.17) is 9.72 Å². The van der Waals surface area contributed by atoms with Crippen LogP contribution in [0.5, 0.6) is 5.75 Å². The van der Waals surface area contributed by atoms with E-state index in [-0.39, 0.29) is 5.41 Å². The molecule has 0 radical (unpaired) electrons. The molecule has 4 aromatic rings. The number of aryl methyl sites for hydroxylation is 1. The molecule has 1 aromatic heterocycles. The van der Waals surface area contributed by atoms with Gasteiger partial charge in [0.2, 0.25) is 0 Å². The summed E-state index contributed by atoms with van der Waals surface area (Å²) in [5, 5.41) is 0. The van der Waals surface area contributed by atoms with Crippen molar-refractivity contribution in [1.82, 2.24) is 9.55 Å². The number of imidazole rings is 1. The van der Waals surface area contributed by atoms with Crippen LogP contribution in [0.4, 0.5) is 0 Å². The highest BCUT2D eigenvalue weighted by atomic mass is 32.2. The van der Waals surface area contributed by atoms with Crippen molar-refractivity contribution in [3.05, 3.63) is 90.3 Å². The first kappa shape index (κ1) is 22.5. The molecule has 4 rings (SSSR count). The number of para-hydroxylation sites is 2. The lowest BCUT2D eigenvalue weighted by Gasteiger charge is -2.19. The van der Waals surface area contributed by atoms with Crippen LogP contribution in [0.15, 0.2) is 83.8 Å². The van der Waals surface area contributed by atoms with Crippen molar-refractivity contribution in [1.29, 1.82) is 0 Å². The molecule has 0 aliphatic carbocycles. The Kier molecular flexibility index (Phi) is 7.21. The van der Waals surface area contributed by atoms with Gasteiger partial charge in [-0.05, 0) is 60.2 Å². The molecule has 3 aromatic carbocycles. The van der Waals surface area contributed by atoms with E-state index < -0.39 is 0 Å². The number of hydrogen-bond acceptors (Lipinski definition) is 3. The maximum atomic E-state index is 5.99. The monoisotopic (exact) mass is 444 g/mol. The fourth-order valence-electron chi connectivity index (χ4n) is 3.76. The average molecular weight is 445 g/mol. The Morgan fingerprint density at radius 2 is 1.56 bits per heavy atom. The summed E-state index contributed by atoms with van der Waals surface area (Å²) in [5.41, 5.74) is 3.79. The third-order valence-corrected chi connectivity index (χ3v) is 6.62. The molecule has 0 atom stereocenters. The molecule has 0 N–H and O–H groups in total. The number of hydrogen-bond donors (Lipinski definition) is 0. The second-order valence-corrected chi connectivity index (χ2v) is 10.1. The predicted octanol–water partition coefficient (Wildman–Crippen LogP) is 7.49. The minimum atomic E-state index is 0.169. The van der Waals surface area contributed by atoms with E-state index in [1.165, 1.54) is 16.0 Å². The van der Waals surface area contributed by atoms with Crippen molar-refractivity contribution >= 4 is 22.8 Å². The van der Waals surface area contributed by atoms with Crippen LogP contribution < -0.4 is 4.74 Å². The summed E-state index contributed by atoms with van der Waals surface area (Å²) in [6.45, 7) is 8.38. The van der Waals surface area contributed by atoms with Gasteiger partial charge in [0.05, 0.1) is 23.4 Å². The molecular formula is C28H32N2OS. The Bertz CT molecular complexity index is 1130. The summed E-state index contributed by atoms with van der Waals surface area (Å²) in [6, 6.07) is 27.5. The first-order valence-corrected chi connectivity index (χ1v) is 12.3. The molecule has 32 heavy (non-hydrogen) atoms. The van der Waals surface area contributed by atoms with Crippen molar-refractivity contribution < 1.29 is 4.74 Å². The van der Waals surface area contributed by atoms with Gasteiger partial charge < -0.3 is 9.30 Å². The number of fused-ring (bicyclic) bond motifs is 1. The average Bonchev–Trinajstić information content (AvgIpc) is 3.15. The highest BCUT2D eigenvalue weighted by molar-refractivity contribution is 7.98. The van der Waals surface area contributed by atoms with Gasteiger partial charge in [-0.15, -0.1) is 11.8 Å². The van der Waals surface area contributed by atoms with Crippen molar-refractivity contribution in [3.63, 3.8) is 0 Å². The predicted molar refractivity (Wildman–Crippen MR) is 136 cm³/mol. The number of thioether (sulfide) groups is 1. The summed E-state index contributed by atoms with van der Waals surface area (Å²) in [4.78, 5) is 6.19. The maximum absolute atomic E-state index is 5.99. The Hall–Kier alpha value is -2.72. The quantitative estimate of drug-likeness (QED) is 0.198. The molecule has 0 fully saturated rings. The summed E-state index contributed by atoms with van der Waals surface area (Å²) < 4.78 is 8.37. The minimum Gasteiger partial charge on any atom is -0.494 e. The Morgan fingerprint density at radius 3 is 2.31 bits per heavy atom. The normalized spacial score (nSPS) is 11.7. The van der Waals surface area contributed by atoms with Gasteiger partial charge in [0, 0.05) is 11.4 Å². The molecule has 0 aliphatic rings. The summed E-state index contributed by atoms with van der Waals surface area (Å²) >= 11 is 1.84. The van der Waals surface area contributed by atoms with E-state index in [2.05, 4.69) is 104 Å². The van der Waals surface area contributed by atoms with Crippen LogP contribution in [0.2, 0.25) is 0 Å². The lowest BCUT2D eigenvalue weighted by Crippen LogP contribution is -2.10. The lowest BCUT2D eigenvalue weighted by atomic mass is 9.87. The SMILES string of the molecule is CC(C)(C)c1ccc(OCCCCn2c(CSc3ccccc3)nc3ccccc32)cc1. The van der Waals surface area contributed by atoms with Gasteiger partial charge in [-0.3, -0.25) is 0 Å². The van der Waals surface area contributed by atoms with E-state index in [1.54, 1.807) is 0 Å². The molecule has 0 unspecified atom stereocenters. The largest absolute Gasteiger partial charge is 0.494 e. The number of ether oxygens (including phenoxy) is 1. The summed E-state index contributed by atoms with van der Waals surface area (Å²) in [7, 11) is 0.